The molecule has 2 N–H and O–H groups in total. The van der Waals surface area contributed by atoms with Gasteiger partial charge in [0.05, 0.1) is 0 Å². The zero-order chi connectivity index (χ0) is 15.5. The lowest BCUT2D eigenvalue weighted by Gasteiger charge is -2.51. The summed E-state index contributed by atoms with van der Waals surface area (Å²) in [6.07, 6.45) is 11.0. The minimum absolute atomic E-state index is 0.332. The van der Waals surface area contributed by atoms with Crippen molar-refractivity contribution in [3.05, 3.63) is 0 Å². The van der Waals surface area contributed by atoms with Crippen LogP contribution < -0.4 is 5.73 Å². The molecule has 0 aromatic heterocycles. The van der Waals surface area contributed by atoms with E-state index in [2.05, 4.69) is 32.6 Å². The van der Waals surface area contributed by atoms with Gasteiger partial charge in [0.25, 0.3) is 0 Å². The molecule has 2 fully saturated rings. The van der Waals surface area contributed by atoms with Crippen molar-refractivity contribution in [1.82, 2.24) is 4.90 Å². The van der Waals surface area contributed by atoms with Crippen molar-refractivity contribution in [3.63, 3.8) is 0 Å². The predicted octanol–water partition coefficient (Wildman–Crippen LogP) is 4.43. The number of likely N-dealkylation sites (tertiary alicyclic amines) is 1. The summed E-state index contributed by atoms with van der Waals surface area (Å²) in [5.74, 6) is 1.86. The first kappa shape index (κ1) is 17.3. The topological polar surface area (TPSA) is 29.3 Å². The smallest absolute Gasteiger partial charge is 0.0331 e. The number of piperidine rings is 1. The highest BCUT2D eigenvalue weighted by Crippen LogP contribution is 2.44. The van der Waals surface area contributed by atoms with Gasteiger partial charge in [0.1, 0.15) is 0 Å². The Balaban J connectivity index is 1.92. The highest BCUT2D eigenvalue weighted by Gasteiger charge is 2.42. The maximum absolute atomic E-state index is 6.28. The first-order chi connectivity index (χ1) is 9.91. The molecule has 0 radical (unpaired) electrons. The van der Waals surface area contributed by atoms with E-state index in [0.717, 1.165) is 18.4 Å². The molecule has 1 aliphatic heterocycles. The van der Waals surface area contributed by atoms with Crippen molar-refractivity contribution in [1.29, 1.82) is 0 Å². The van der Waals surface area contributed by atoms with Crippen molar-refractivity contribution in [2.24, 2.45) is 23.0 Å². The summed E-state index contributed by atoms with van der Waals surface area (Å²) in [6, 6.07) is 0. The summed E-state index contributed by atoms with van der Waals surface area (Å²) in [6.45, 7) is 13.0. The lowest BCUT2D eigenvalue weighted by atomic mass is 9.66. The van der Waals surface area contributed by atoms with Crippen LogP contribution in [0.15, 0.2) is 0 Å². The molecule has 1 saturated carbocycles. The van der Waals surface area contributed by atoms with E-state index >= 15 is 0 Å². The third-order valence-corrected chi connectivity index (χ3v) is 6.50. The van der Waals surface area contributed by atoms with E-state index < -0.39 is 0 Å². The second-order valence-electron chi connectivity index (χ2n) is 8.79. The lowest BCUT2D eigenvalue weighted by Crippen LogP contribution is -2.58. The maximum atomic E-state index is 6.28. The molecule has 0 bridgehead atoms. The normalized spacial score (nSPS) is 33.3. The second-order valence-corrected chi connectivity index (χ2v) is 8.79. The highest BCUT2D eigenvalue weighted by molar-refractivity contribution is 4.98. The molecule has 2 rings (SSSR count). The lowest BCUT2D eigenvalue weighted by molar-refractivity contribution is -0.000517. The van der Waals surface area contributed by atoms with Crippen LogP contribution in [0.5, 0.6) is 0 Å². The third kappa shape index (κ3) is 4.01. The van der Waals surface area contributed by atoms with Crippen LogP contribution in [-0.4, -0.2) is 30.1 Å². The van der Waals surface area contributed by atoms with Crippen molar-refractivity contribution < 1.29 is 0 Å². The minimum atomic E-state index is 0.332. The van der Waals surface area contributed by atoms with Gasteiger partial charge >= 0.3 is 0 Å². The van der Waals surface area contributed by atoms with Crippen molar-refractivity contribution in [2.75, 3.05) is 19.6 Å². The van der Waals surface area contributed by atoms with Crippen LogP contribution in [0.2, 0.25) is 0 Å². The summed E-state index contributed by atoms with van der Waals surface area (Å²) in [4.78, 5) is 2.78. The van der Waals surface area contributed by atoms with Gasteiger partial charge in [-0.25, -0.2) is 0 Å². The largest absolute Gasteiger partial charge is 0.329 e. The standard InChI is InChI=1S/C19H38N2/c1-5-6-16-9-13-21(14-10-16)19(15-20)11-7-17(8-12-19)18(2,3)4/h16-17H,5-15,20H2,1-4H3. The van der Waals surface area contributed by atoms with Crippen molar-refractivity contribution in [3.8, 4) is 0 Å². The van der Waals surface area contributed by atoms with E-state index in [-0.39, 0.29) is 0 Å². The molecule has 2 heteroatoms. The van der Waals surface area contributed by atoms with Crippen LogP contribution in [0.4, 0.5) is 0 Å². The van der Waals surface area contributed by atoms with Gasteiger partial charge in [0.2, 0.25) is 0 Å². The molecule has 0 unspecified atom stereocenters. The van der Waals surface area contributed by atoms with E-state index in [1.165, 1.54) is 64.5 Å². The van der Waals surface area contributed by atoms with Gasteiger partial charge in [-0.05, 0) is 68.9 Å². The number of rotatable bonds is 4. The molecule has 2 aliphatic rings. The number of nitrogens with two attached hydrogens (primary N) is 1. The molecule has 0 amide bonds. The second kappa shape index (κ2) is 7.00. The molecule has 0 spiro atoms. The Morgan fingerprint density at radius 3 is 2.05 bits per heavy atom. The molecule has 1 aliphatic carbocycles. The zero-order valence-electron chi connectivity index (χ0n) is 15.0. The summed E-state index contributed by atoms with van der Waals surface area (Å²) in [7, 11) is 0. The molecular weight excluding hydrogens is 256 g/mol. The number of hydrogen-bond acceptors (Lipinski definition) is 2. The Labute approximate surface area is 132 Å². The van der Waals surface area contributed by atoms with Gasteiger partial charge < -0.3 is 5.73 Å². The average Bonchev–Trinajstić information content (AvgIpc) is 2.47. The van der Waals surface area contributed by atoms with Gasteiger partial charge in [-0.1, -0.05) is 40.5 Å². The zero-order valence-corrected chi connectivity index (χ0v) is 15.0. The SMILES string of the molecule is CCCC1CCN(C2(CN)CCC(C(C)(C)C)CC2)CC1. The Bertz CT molecular complexity index is 302. The molecule has 21 heavy (non-hydrogen) atoms. The fourth-order valence-electron chi connectivity index (χ4n) is 4.77. The van der Waals surface area contributed by atoms with Gasteiger partial charge in [-0.3, -0.25) is 4.90 Å². The highest BCUT2D eigenvalue weighted by atomic mass is 15.2. The molecular formula is C19H38N2. The molecule has 124 valence electrons. The first-order valence-electron chi connectivity index (χ1n) is 9.36. The summed E-state index contributed by atoms with van der Waals surface area (Å²) in [5.41, 5.74) is 7.07. The van der Waals surface area contributed by atoms with Crippen LogP contribution in [-0.2, 0) is 0 Å². The van der Waals surface area contributed by atoms with Gasteiger partial charge in [0.15, 0.2) is 0 Å². The van der Waals surface area contributed by atoms with E-state index in [0.29, 0.717) is 11.0 Å². The van der Waals surface area contributed by atoms with Crippen LogP contribution >= 0.6 is 0 Å². The summed E-state index contributed by atoms with van der Waals surface area (Å²) in [5, 5.41) is 0. The minimum Gasteiger partial charge on any atom is -0.329 e. The molecule has 0 aromatic carbocycles. The van der Waals surface area contributed by atoms with Crippen LogP contribution in [0.3, 0.4) is 0 Å². The Kier molecular flexibility index (Phi) is 5.76. The summed E-state index contributed by atoms with van der Waals surface area (Å²) >= 11 is 0. The monoisotopic (exact) mass is 294 g/mol. The molecule has 0 atom stereocenters. The first-order valence-corrected chi connectivity index (χ1v) is 9.36. The van der Waals surface area contributed by atoms with Crippen LogP contribution in [0, 0.1) is 17.3 Å². The fourth-order valence-corrected chi connectivity index (χ4v) is 4.77. The Morgan fingerprint density at radius 2 is 1.62 bits per heavy atom. The molecule has 0 aromatic rings. The van der Waals surface area contributed by atoms with E-state index in [4.69, 9.17) is 5.73 Å². The average molecular weight is 295 g/mol. The van der Waals surface area contributed by atoms with Crippen molar-refractivity contribution >= 4 is 0 Å². The van der Waals surface area contributed by atoms with E-state index in [1.54, 1.807) is 0 Å². The van der Waals surface area contributed by atoms with Crippen LogP contribution in [0.25, 0.3) is 0 Å². The fraction of sp³-hybridized carbons (Fsp3) is 1.00. The quantitative estimate of drug-likeness (QED) is 0.831. The van der Waals surface area contributed by atoms with Gasteiger partial charge in [0, 0.05) is 12.1 Å². The third-order valence-electron chi connectivity index (χ3n) is 6.50. The van der Waals surface area contributed by atoms with Gasteiger partial charge in [-0.2, -0.15) is 0 Å². The number of nitrogens with zero attached hydrogens (tertiary/aromatic N) is 1. The van der Waals surface area contributed by atoms with Crippen LogP contribution in [0.1, 0.15) is 79.1 Å². The predicted molar refractivity (Wildman–Crippen MR) is 92.4 cm³/mol. The Morgan fingerprint density at radius 1 is 1.05 bits per heavy atom. The Hall–Kier alpha value is -0.0800. The van der Waals surface area contributed by atoms with Crippen molar-refractivity contribution in [2.45, 2.75) is 84.6 Å². The van der Waals surface area contributed by atoms with E-state index in [1.807, 2.05) is 0 Å². The molecule has 1 saturated heterocycles. The molecule has 1 heterocycles. The van der Waals surface area contributed by atoms with Gasteiger partial charge in [-0.15, -0.1) is 0 Å². The maximum Gasteiger partial charge on any atom is 0.0331 e. The summed E-state index contributed by atoms with van der Waals surface area (Å²) < 4.78 is 0. The molecule has 2 nitrogen and oxygen atoms in total. The van der Waals surface area contributed by atoms with E-state index in [9.17, 15) is 0 Å². The number of hydrogen-bond donors (Lipinski definition) is 1.